The molecule has 0 bridgehead atoms. The molecular formula is C54H33N3S. The first-order chi connectivity index (χ1) is 28.7. The fraction of sp³-hybridized carbons (Fsp3) is 0.0185. The van der Waals surface area contributed by atoms with Gasteiger partial charge in [0.2, 0.25) is 0 Å². The molecule has 1 aromatic heterocycles. The van der Waals surface area contributed by atoms with E-state index in [0.717, 1.165) is 50.3 Å². The maximum absolute atomic E-state index is 10.1. The van der Waals surface area contributed by atoms with Crippen LogP contribution in [0.1, 0.15) is 27.8 Å². The van der Waals surface area contributed by atoms with E-state index in [2.05, 4.69) is 152 Å². The molecule has 9 aromatic rings. The highest BCUT2D eigenvalue weighted by atomic mass is 32.2. The Morgan fingerprint density at radius 2 is 0.845 bits per heavy atom. The molecule has 0 N–H and O–H groups in total. The topological polar surface area (TPSA) is 49.6 Å². The van der Waals surface area contributed by atoms with Gasteiger partial charge in [0, 0.05) is 26.5 Å². The third-order valence-corrected chi connectivity index (χ3v) is 12.8. The summed E-state index contributed by atoms with van der Waals surface area (Å²) in [5.41, 5.74) is 16.8. The van der Waals surface area contributed by atoms with Crippen molar-refractivity contribution >= 4 is 11.8 Å². The van der Waals surface area contributed by atoms with Crippen molar-refractivity contribution in [1.82, 2.24) is 9.97 Å². The van der Waals surface area contributed by atoms with Crippen molar-refractivity contribution in [3.05, 3.63) is 228 Å². The third-order valence-electron chi connectivity index (χ3n) is 11.6. The van der Waals surface area contributed by atoms with Gasteiger partial charge in [-0.3, -0.25) is 0 Å². The number of nitrogens with zero attached hydrogens (tertiary/aromatic N) is 3. The summed E-state index contributed by atoms with van der Waals surface area (Å²) in [6.45, 7) is 0. The smallest absolute Gasteiger partial charge is 0.160 e. The normalized spacial score (nSPS) is 12.9. The number of benzene rings is 8. The van der Waals surface area contributed by atoms with Crippen LogP contribution >= 0.6 is 11.8 Å². The first-order valence-corrected chi connectivity index (χ1v) is 20.3. The zero-order chi connectivity index (χ0) is 38.6. The van der Waals surface area contributed by atoms with Crippen molar-refractivity contribution in [2.45, 2.75) is 15.2 Å². The lowest BCUT2D eigenvalue weighted by Crippen LogP contribution is -2.32. The highest BCUT2D eigenvalue weighted by Crippen LogP contribution is 2.62. The Labute approximate surface area is 342 Å². The summed E-state index contributed by atoms with van der Waals surface area (Å²) in [6, 6.07) is 73.3. The first kappa shape index (κ1) is 34.0. The maximum atomic E-state index is 10.1. The van der Waals surface area contributed by atoms with Gasteiger partial charge < -0.3 is 0 Å². The largest absolute Gasteiger partial charge is 0.228 e. The van der Waals surface area contributed by atoms with E-state index >= 15 is 0 Å². The van der Waals surface area contributed by atoms with Crippen LogP contribution in [0.2, 0.25) is 0 Å². The number of hydrogen-bond donors (Lipinski definition) is 0. The van der Waals surface area contributed by atoms with Crippen molar-refractivity contribution < 1.29 is 0 Å². The summed E-state index contributed by atoms with van der Waals surface area (Å²) in [5, 5.41) is 10.1. The van der Waals surface area contributed by atoms with Crippen molar-refractivity contribution in [2.24, 2.45) is 0 Å². The van der Waals surface area contributed by atoms with Gasteiger partial charge in [-0.15, -0.1) is 0 Å². The van der Waals surface area contributed by atoms with E-state index in [4.69, 9.17) is 9.97 Å². The Morgan fingerprint density at radius 3 is 1.47 bits per heavy atom. The Bertz CT molecular complexity index is 2990. The molecule has 0 radical (unpaired) electrons. The van der Waals surface area contributed by atoms with Gasteiger partial charge in [0.05, 0.1) is 28.4 Å². The maximum Gasteiger partial charge on any atom is 0.160 e. The summed E-state index contributed by atoms with van der Waals surface area (Å²) in [6.07, 6.45) is 0. The number of nitriles is 1. The van der Waals surface area contributed by atoms with Crippen molar-refractivity contribution in [2.75, 3.05) is 0 Å². The van der Waals surface area contributed by atoms with Gasteiger partial charge in [-0.25, -0.2) is 9.97 Å². The average Bonchev–Trinajstić information content (AvgIpc) is 3.60. The van der Waals surface area contributed by atoms with Gasteiger partial charge in [0.25, 0.3) is 0 Å². The second-order valence-electron chi connectivity index (χ2n) is 14.8. The minimum Gasteiger partial charge on any atom is -0.228 e. The predicted octanol–water partition coefficient (Wildman–Crippen LogP) is 13.5. The molecule has 0 amide bonds. The fourth-order valence-corrected chi connectivity index (χ4v) is 10.1. The molecule has 0 unspecified atom stereocenters. The molecule has 0 saturated carbocycles. The van der Waals surface area contributed by atoms with E-state index in [0.29, 0.717) is 11.4 Å². The number of hydrogen-bond acceptors (Lipinski definition) is 4. The zero-order valence-corrected chi connectivity index (χ0v) is 32.1. The van der Waals surface area contributed by atoms with E-state index in [-0.39, 0.29) is 0 Å². The highest BCUT2D eigenvalue weighted by Gasteiger charge is 2.50. The molecule has 0 fully saturated rings. The van der Waals surface area contributed by atoms with Crippen LogP contribution in [-0.4, -0.2) is 9.97 Å². The molecule has 11 rings (SSSR count). The molecule has 1 aliphatic carbocycles. The van der Waals surface area contributed by atoms with Crippen LogP contribution in [0.3, 0.4) is 0 Å². The second kappa shape index (κ2) is 13.7. The van der Waals surface area contributed by atoms with E-state index in [1.807, 2.05) is 66.4 Å². The van der Waals surface area contributed by atoms with Gasteiger partial charge in [0.1, 0.15) is 0 Å². The lowest BCUT2D eigenvalue weighted by molar-refractivity contribution is 0.723. The van der Waals surface area contributed by atoms with Gasteiger partial charge in [-0.2, -0.15) is 5.26 Å². The molecule has 58 heavy (non-hydrogen) atoms. The zero-order valence-electron chi connectivity index (χ0n) is 31.3. The minimum absolute atomic E-state index is 0.556. The highest BCUT2D eigenvalue weighted by molar-refractivity contribution is 7.99. The molecule has 270 valence electrons. The number of aromatic nitrogens is 2. The van der Waals surface area contributed by atoms with Crippen molar-refractivity contribution in [3.63, 3.8) is 0 Å². The molecule has 2 heterocycles. The molecule has 8 aromatic carbocycles. The molecular weight excluding hydrogens is 723 g/mol. The van der Waals surface area contributed by atoms with E-state index in [9.17, 15) is 5.26 Å². The third kappa shape index (κ3) is 5.36. The van der Waals surface area contributed by atoms with Crippen LogP contribution < -0.4 is 0 Å². The standard InChI is InChI=1S/C54H33N3S/c55-34-41-17-7-8-18-42(41)40-28-30-52-48(32-40)54(45-21-11-9-19-43(45)44-20-10-12-22-46(44)54)47-31-39(27-29-51(47)58-52)35-23-25-37(26-24-35)50-33-49(36-13-3-1-4-14-36)56-53(57-50)38-15-5-2-6-16-38/h1-33H. The predicted molar refractivity (Wildman–Crippen MR) is 235 cm³/mol. The van der Waals surface area contributed by atoms with Gasteiger partial charge in [-0.1, -0.05) is 176 Å². The van der Waals surface area contributed by atoms with E-state index < -0.39 is 5.41 Å². The summed E-state index contributed by atoms with van der Waals surface area (Å²) < 4.78 is 0. The van der Waals surface area contributed by atoms with Crippen LogP contribution in [0.25, 0.3) is 67.3 Å². The van der Waals surface area contributed by atoms with Crippen LogP contribution in [-0.2, 0) is 5.41 Å². The summed E-state index contributed by atoms with van der Waals surface area (Å²) in [4.78, 5) is 12.5. The summed E-state index contributed by atoms with van der Waals surface area (Å²) >= 11 is 1.83. The molecule has 1 spiro atoms. The lowest BCUT2D eigenvalue weighted by Gasteiger charge is -2.40. The van der Waals surface area contributed by atoms with Crippen LogP contribution in [0.5, 0.6) is 0 Å². The molecule has 0 atom stereocenters. The Hall–Kier alpha value is -7.32. The Morgan fingerprint density at radius 1 is 0.379 bits per heavy atom. The van der Waals surface area contributed by atoms with Gasteiger partial charge in [0.15, 0.2) is 5.82 Å². The van der Waals surface area contributed by atoms with Gasteiger partial charge >= 0.3 is 0 Å². The molecule has 0 saturated heterocycles. The van der Waals surface area contributed by atoms with Crippen LogP contribution in [0, 0.1) is 11.3 Å². The molecule has 1 aliphatic heterocycles. The van der Waals surface area contributed by atoms with E-state index in [1.54, 1.807) is 0 Å². The fourth-order valence-electron chi connectivity index (χ4n) is 8.98. The van der Waals surface area contributed by atoms with Crippen molar-refractivity contribution in [1.29, 1.82) is 5.26 Å². The Kier molecular flexibility index (Phi) is 8.03. The first-order valence-electron chi connectivity index (χ1n) is 19.5. The monoisotopic (exact) mass is 755 g/mol. The molecule has 3 nitrogen and oxygen atoms in total. The van der Waals surface area contributed by atoms with Crippen molar-refractivity contribution in [3.8, 4) is 73.4 Å². The lowest BCUT2D eigenvalue weighted by atomic mass is 9.66. The number of fused-ring (bicyclic) bond motifs is 9. The second-order valence-corrected chi connectivity index (χ2v) is 15.9. The van der Waals surface area contributed by atoms with E-state index in [1.165, 1.54) is 43.2 Å². The SMILES string of the molecule is N#Cc1ccccc1-c1ccc2c(c1)C1(c3cc(-c4ccc(-c5cc(-c6ccccc6)nc(-c6ccccc6)n5)cc4)ccc3S2)c2ccccc2-c2ccccc21. The summed E-state index contributed by atoms with van der Waals surface area (Å²) in [7, 11) is 0. The van der Waals surface area contributed by atoms with Gasteiger partial charge in [-0.05, 0) is 92.0 Å². The molecule has 2 aliphatic rings. The van der Waals surface area contributed by atoms with Crippen LogP contribution in [0.15, 0.2) is 210 Å². The van der Waals surface area contributed by atoms with Crippen LogP contribution in [0.4, 0.5) is 0 Å². The molecule has 4 heteroatoms. The quantitative estimate of drug-likeness (QED) is 0.175. The average molecular weight is 756 g/mol. The Balaban J connectivity index is 1.07. The minimum atomic E-state index is -0.556. The number of rotatable bonds is 5. The summed E-state index contributed by atoms with van der Waals surface area (Å²) in [5.74, 6) is 0.704.